The Morgan fingerprint density at radius 3 is 2.63 bits per heavy atom. The quantitative estimate of drug-likeness (QED) is 0.647. The van der Waals surface area contributed by atoms with Crippen molar-refractivity contribution in [1.29, 1.82) is 0 Å². The van der Waals surface area contributed by atoms with Gasteiger partial charge in [-0.1, -0.05) is 31.4 Å². The fraction of sp³-hybridized carbons (Fsp3) is 0.571. The molecule has 5 heteroatoms. The molecule has 104 valence electrons. The molecule has 2 rings (SSSR count). The van der Waals surface area contributed by atoms with Gasteiger partial charge in [-0.05, 0) is 25.3 Å². The van der Waals surface area contributed by atoms with Crippen LogP contribution in [0.4, 0.5) is 11.4 Å². The average molecular weight is 264 g/mol. The molecule has 19 heavy (non-hydrogen) atoms. The fourth-order valence-corrected chi connectivity index (χ4v) is 2.78. The van der Waals surface area contributed by atoms with E-state index in [0.717, 1.165) is 31.2 Å². The molecule has 1 aromatic rings. The number of nitro benzene ring substituents is 1. The lowest BCUT2D eigenvalue weighted by Crippen LogP contribution is -2.44. The van der Waals surface area contributed by atoms with Gasteiger partial charge in [-0.15, -0.1) is 0 Å². The molecular weight excluding hydrogens is 244 g/mol. The lowest BCUT2D eigenvalue weighted by Gasteiger charge is -2.37. The number of aryl methyl sites for hydroxylation is 1. The van der Waals surface area contributed by atoms with Gasteiger partial charge in [0.05, 0.1) is 17.1 Å². The van der Waals surface area contributed by atoms with Crippen molar-refractivity contribution in [3.63, 3.8) is 0 Å². The summed E-state index contributed by atoms with van der Waals surface area (Å²) in [6.07, 6.45) is 4.98. The maximum absolute atomic E-state index is 11.1. The van der Waals surface area contributed by atoms with Gasteiger partial charge in [-0.25, -0.2) is 0 Å². The SMILES string of the molecule is Cc1cccc([N+](=O)[O-])c1NC1(CO)CCCCC1. The van der Waals surface area contributed by atoms with Crippen LogP contribution in [0.1, 0.15) is 37.7 Å². The van der Waals surface area contributed by atoms with Crippen molar-refractivity contribution in [1.82, 2.24) is 0 Å². The molecule has 1 aromatic carbocycles. The van der Waals surface area contributed by atoms with Gasteiger partial charge in [-0.2, -0.15) is 0 Å². The summed E-state index contributed by atoms with van der Waals surface area (Å²) in [5.74, 6) is 0. The van der Waals surface area contributed by atoms with Crippen molar-refractivity contribution in [3.05, 3.63) is 33.9 Å². The standard InChI is InChI=1S/C14H20N2O3/c1-11-6-5-7-12(16(18)19)13(11)15-14(10-17)8-3-2-4-9-14/h5-7,15,17H,2-4,8-10H2,1H3. The van der Waals surface area contributed by atoms with Crippen LogP contribution in [0.2, 0.25) is 0 Å². The van der Waals surface area contributed by atoms with Gasteiger partial charge < -0.3 is 10.4 Å². The first kappa shape index (κ1) is 13.8. The number of rotatable bonds is 4. The van der Waals surface area contributed by atoms with Gasteiger partial charge in [0.1, 0.15) is 5.69 Å². The zero-order valence-electron chi connectivity index (χ0n) is 11.2. The Morgan fingerprint density at radius 2 is 2.05 bits per heavy atom. The molecule has 0 atom stereocenters. The van der Waals surface area contributed by atoms with Crippen LogP contribution < -0.4 is 5.32 Å². The Balaban J connectivity index is 2.33. The van der Waals surface area contributed by atoms with E-state index in [-0.39, 0.29) is 17.2 Å². The molecule has 0 saturated heterocycles. The number of aliphatic hydroxyl groups is 1. The van der Waals surface area contributed by atoms with Crippen LogP contribution in [-0.2, 0) is 0 Å². The summed E-state index contributed by atoms with van der Waals surface area (Å²) in [7, 11) is 0. The van der Waals surface area contributed by atoms with E-state index in [0.29, 0.717) is 5.69 Å². The Bertz CT molecular complexity index is 468. The largest absolute Gasteiger partial charge is 0.394 e. The Labute approximate surface area is 112 Å². The molecular formula is C14H20N2O3. The topological polar surface area (TPSA) is 75.4 Å². The van der Waals surface area contributed by atoms with Crippen molar-refractivity contribution in [2.45, 2.75) is 44.6 Å². The zero-order valence-corrected chi connectivity index (χ0v) is 11.2. The molecule has 1 fully saturated rings. The molecule has 1 aliphatic rings. The van der Waals surface area contributed by atoms with Gasteiger partial charge >= 0.3 is 0 Å². The van der Waals surface area contributed by atoms with Crippen molar-refractivity contribution in [2.24, 2.45) is 0 Å². The maximum atomic E-state index is 11.1. The first-order valence-electron chi connectivity index (χ1n) is 6.71. The summed E-state index contributed by atoms with van der Waals surface area (Å²) < 4.78 is 0. The molecule has 0 heterocycles. The number of nitrogens with zero attached hydrogens (tertiary/aromatic N) is 1. The van der Waals surface area contributed by atoms with Crippen LogP contribution in [0.3, 0.4) is 0 Å². The molecule has 0 bridgehead atoms. The summed E-state index contributed by atoms with van der Waals surface area (Å²) in [6, 6.07) is 5.04. The first-order valence-corrected chi connectivity index (χ1v) is 6.71. The average Bonchev–Trinajstić information content (AvgIpc) is 2.42. The van der Waals surface area contributed by atoms with E-state index >= 15 is 0 Å². The zero-order chi connectivity index (χ0) is 13.9. The number of aliphatic hydroxyl groups excluding tert-OH is 1. The van der Waals surface area contributed by atoms with E-state index in [2.05, 4.69) is 5.32 Å². The van der Waals surface area contributed by atoms with Gasteiger partial charge in [-0.3, -0.25) is 10.1 Å². The first-order chi connectivity index (χ1) is 9.08. The van der Waals surface area contributed by atoms with Crippen molar-refractivity contribution < 1.29 is 10.0 Å². The third-order valence-electron chi connectivity index (χ3n) is 3.95. The van der Waals surface area contributed by atoms with Gasteiger partial charge in [0, 0.05) is 6.07 Å². The van der Waals surface area contributed by atoms with Crippen LogP contribution in [0.5, 0.6) is 0 Å². The second-order valence-corrected chi connectivity index (χ2v) is 5.35. The Morgan fingerprint density at radius 1 is 1.37 bits per heavy atom. The minimum Gasteiger partial charge on any atom is -0.394 e. The summed E-state index contributed by atoms with van der Waals surface area (Å²) in [6.45, 7) is 1.86. The summed E-state index contributed by atoms with van der Waals surface area (Å²) in [4.78, 5) is 10.7. The lowest BCUT2D eigenvalue weighted by molar-refractivity contribution is -0.384. The molecule has 0 aliphatic heterocycles. The van der Waals surface area contributed by atoms with E-state index in [1.165, 1.54) is 12.5 Å². The number of benzene rings is 1. The van der Waals surface area contributed by atoms with Crippen LogP contribution in [0, 0.1) is 17.0 Å². The van der Waals surface area contributed by atoms with Crippen LogP contribution in [0.25, 0.3) is 0 Å². The number of anilines is 1. The van der Waals surface area contributed by atoms with Gasteiger partial charge in [0.15, 0.2) is 0 Å². The van der Waals surface area contributed by atoms with Crippen molar-refractivity contribution >= 4 is 11.4 Å². The molecule has 0 amide bonds. The number of hydrogen-bond donors (Lipinski definition) is 2. The fourth-order valence-electron chi connectivity index (χ4n) is 2.78. The van der Waals surface area contributed by atoms with Crippen molar-refractivity contribution in [2.75, 3.05) is 11.9 Å². The van der Waals surface area contributed by atoms with Crippen molar-refractivity contribution in [3.8, 4) is 0 Å². The maximum Gasteiger partial charge on any atom is 0.292 e. The van der Waals surface area contributed by atoms with E-state index in [1.54, 1.807) is 6.07 Å². The predicted molar refractivity (Wildman–Crippen MR) is 74.4 cm³/mol. The van der Waals surface area contributed by atoms with Gasteiger partial charge in [0.2, 0.25) is 0 Å². The van der Waals surface area contributed by atoms with Gasteiger partial charge in [0.25, 0.3) is 5.69 Å². The highest BCUT2D eigenvalue weighted by molar-refractivity contribution is 5.67. The van der Waals surface area contributed by atoms with E-state index in [9.17, 15) is 15.2 Å². The second-order valence-electron chi connectivity index (χ2n) is 5.35. The third-order valence-corrected chi connectivity index (χ3v) is 3.95. The van der Waals surface area contributed by atoms with E-state index in [1.807, 2.05) is 13.0 Å². The number of hydrogen-bond acceptors (Lipinski definition) is 4. The third kappa shape index (κ3) is 2.87. The minimum absolute atomic E-state index is 0.0124. The molecule has 2 N–H and O–H groups in total. The molecule has 0 aromatic heterocycles. The highest BCUT2D eigenvalue weighted by atomic mass is 16.6. The molecule has 0 unspecified atom stereocenters. The number of nitro groups is 1. The second kappa shape index (κ2) is 5.57. The monoisotopic (exact) mass is 264 g/mol. The van der Waals surface area contributed by atoms with E-state index in [4.69, 9.17) is 0 Å². The van der Waals surface area contributed by atoms with Crippen LogP contribution >= 0.6 is 0 Å². The highest BCUT2D eigenvalue weighted by Crippen LogP contribution is 2.36. The predicted octanol–water partition coefficient (Wildman–Crippen LogP) is 3.01. The van der Waals surface area contributed by atoms with E-state index < -0.39 is 5.54 Å². The minimum atomic E-state index is -0.408. The smallest absolute Gasteiger partial charge is 0.292 e. The summed E-state index contributed by atoms with van der Waals surface area (Å²) >= 11 is 0. The highest BCUT2D eigenvalue weighted by Gasteiger charge is 2.33. The lowest BCUT2D eigenvalue weighted by atomic mass is 9.82. The molecule has 1 aliphatic carbocycles. The summed E-state index contributed by atoms with van der Waals surface area (Å²) in [5.41, 5.74) is 1.06. The molecule has 5 nitrogen and oxygen atoms in total. The molecule has 0 spiro atoms. The summed E-state index contributed by atoms with van der Waals surface area (Å²) in [5, 5.41) is 24.1. The Hall–Kier alpha value is -1.62. The molecule has 0 radical (unpaired) electrons. The number of para-hydroxylation sites is 1. The normalized spacial score (nSPS) is 18.0. The number of nitrogens with one attached hydrogen (secondary N) is 1. The van der Waals surface area contributed by atoms with Crippen LogP contribution in [-0.4, -0.2) is 22.2 Å². The molecule has 1 saturated carbocycles. The van der Waals surface area contributed by atoms with Crippen LogP contribution in [0.15, 0.2) is 18.2 Å². The Kier molecular flexibility index (Phi) is 4.04.